The van der Waals surface area contributed by atoms with E-state index in [1.54, 1.807) is 14.2 Å². The van der Waals surface area contributed by atoms with Crippen LogP contribution in [-0.2, 0) is 4.79 Å². The van der Waals surface area contributed by atoms with Gasteiger partial charge in [-0.1, -0.05) is 44.2 Å². The summed E-state index contributed by atoms with van der Waals surface area (Å²) in [5.74, 6) is 0.833. The number of hydrogen-bond acceptors (Lipinski definition) is 5. The monoisotopic (exact) mass is 415 g/mol. The molecule has 1 heterocycles. The molecule has 0 amide bonds. The number of benzene rings is 2. The van der Waals surface area contributed by atoms with E-state index < -0.39 is 5.92 Å². The lowest BCUT2D eigenvalue weighted by molar-refractivity contribution is -0.118. The van der Waals surface area contributed by atoms with Crippen molar-refractivity contribution in [2.45, 2.75) is 32.6 Å². The maximum Gasteiger partial charge on any atom is 0.192 e. The molecule has 2 aromatic rings. The molecule has 0 aromatic heterocycles. The summed E-state index contributed by atoms with van der Waals surface area (Å²) in [7, 11) is 3.20. The van der Waals surface area contributed by atoms with Crippen LogP contribution in [0.3, 0.4) is 0 Å². The van der Waals surface area contributed by atoms with Crippen LogP contribution in [0.2, 0.25) is 0 Å². The third-order valence-electron chi connectivity index (χ3n) is 6.48. The van der Waals surface area contributed by atoms with E-state index in [0.717, 1.165) is 28.9 Å². The number of fused-ring (bicyclic) bond motifs is 2. The molecule has 1 aliphatic heterocycles. The quantitative estimate of drug-likeness (QED) is 0.791. The van der Waals surface area contributed by atoms with Crippen molar-refractivity contribution in [3.05, 3.63) is 76.0 Å². The Morgan fingerprint density at radius 1 is 0.935 bits per heavy atom. The fraction of sp³-hybridized carbons (Fsp3) is 0.308. The summed E-state index contributed by atoms with van der Waals surface area (Å²) in [6, 6.07) is 13.2. The second-order valence-electron chi connectivity index (χ2n) is 9.16. The number of rotatable bonds is 3. The number of ketones is 2. The standard InChI is InChI=1S/C26H25NO4/c1-26(2)12-18-22(19(28)13-26)21(17-10-9-14(30-3)11-20(17)31-4)23-24(27-18)15-7-5-6-8-16(15)25(23)29/h5-11,21,27H,12-13H2,1-4H3. The summed E-state index contributed by atoms with van der Waals surface area (Å²) in [5.41, 5.74) is 5.25. The SMILES string of the molecule is COc1ccc(C2C3=C(CC(C)(C)CC3=O)NC3=C2C(=O)c2ccccc23)c(OC)c1. The lowest BCUT2D eigenvalue weighted by Crippen LogP contribution is -2.37. The van der Waals surface area contributed by atoms with E-state index in [0.29, 0.717) is 34.6 Å². The largest absolute Gasteiger partial charge is 0.497 e. The number of methoxy groups -OCH3 is 2. The highest BCUT2D eigenvalue weighted by molar-refractivity contribution is 6.23. The fourth-order valence-electron chi connectivity index (χ4n) is 5.16. The van der Waals surface area contributed by atoms with Crippen LogP contribution in [0.1, 0.15) is 54.1 Å². The van der Waals surface area contributed by atoms with E-state index >= 15 is 0 Å². The van der Waals surface area contributed by atoms with Crippen LogP contribution in [0.25, 0.3) is 5.70 Å². The molecular formula is C26H25NO4. The van der Waals surface area contributed by atoms with Gasteiger partial charge in [0.15, 0.2) is 11.6 Å². The Morgan fingerprint density at radius 3 is 2.39 bits per heavy atom. The third kappa shape index (κ3) is 2.91. The van der Waals surface area contributed by atoms with Gasteiger partial charge in [0.05, 0.1) is 19.9 Å². The van der Waals surface area contributed by atoms with Gasteiger partial charge in [-0.2, -0.15) is 0 Å². The first-order valence-electron chi connectivity index (χ1n) is 10.5. The van der Waals surface area contributed by atoms with Crippen LogP contribution < -0.4 is 14.8 Å². The van der Waals surface area contributed by atoms with Gasteiger partial charge in [-0.25, -0.2) is 0 Å². The molecular weight excluding hydrogens is 390 g/mol. The van der Waals surface area contributed by atoms with E-state index in [9.17, 15) is 9.59 Å². The minimum absolute atomic E-state index is 0.0369. The van der Waals surface area contributed by atoms with E-state index in [1.807, 2.05) is 42.5 Å². The van der Waals surface area contributed by atoms with Gasteiger partial charge in [0.25, 0.3) is 0 Å². The van der Waals surface area contributed by atoms with Gasteiger partial charge in [-0.3, -0.25) is 9.59 Å². The van der Waals surface area contributed by atoms with Crippen molar-refractivity contribution in [1.82, 2.24) is 5.32 Å². The molecule has 5 rings (SSSR count). The van der Waals surface area contributed by atoms with Crippen molar-refractivity contribution >= 4 is 17.3 Å². The van der Waals surface area contributed by atoms with Crippen molar-refractivity contribution in [3.63, 3.8) is 0 Å². The molecule has 1 atom stereocenters. The van der Waals surface area contributed by atoms with Crippen molar-refractivity contribution in [2.24, 2.45) is 5.41 Å². The molecule has 5 heteroatoms. The lowest BCUT2D eigenvalue weighted by atomic mass is 9.68. The molecule has 2 aromatic carbocycles. The first kappa shape index (κ1) is 19.6. The van der Waals surface area contributed by atoms with E-state index in [-0.39, 0.29) is 17.0 Å². The molecule has 2 aliphatic carbocycles. The molecule has 1 N–H and O–H groups in total. The third-order valence-corrected chi connectivity index (χ3v) is 6.48. The zero-order valence-corrected chi connectivity index (χ0v) is 18.2. The summed E-state index contributed by atoms with van der Waals surface area (Å²) < 4.78 is 11.1. The average molecular weight is 415 g/mol. The molecule has 0 saturated heterocycles. The van der Waals surface area contributed by atoms with Gasteiger partial charge < -0.3 is 14.8 Å². The number of ether oxygens (including phenoxy) is 2. The Kier molecular flexibility index (Phi) is 4.33. The maximum atomic E-state index is 13.5. The van der Waals surface area contributed by atoms with Gasteiger partial charge in [-0.05, 0) is 17.9 Å². The first-order chi connectivity index (χ1) is 14.8. The number of dihydropyridines is 1. The molecule has 158 valence electrons. The van der Waals surface area contributed by atoms with Crippen LogP contribution in [-0.4, -0.2) is 25.8 Å². The number of allylic oxidation sites excluding steroid dienone is 3. The molecule has 0 fully saturated rings. The van der Waals surface area contributed by atoms with Crippen molar-refractivity contribution < 1.29 is 19.1 Å². The summed E-state index contributed by atoms with van der Waals surface area (Å²) >= 11 is 0. The Balaban J connectivity index is 1.77. The Morgan fingerprint density at radius 2 is 1.68 bits per heavy atom. The van der Waals surface area contributed by atoms with Gasteiger partial charge >= 0.3 is 0 Å². The normalized spacial score (nSPS) is 21.4. The average Bonchev–Trinajstić information content (AvgIpc) is 3.03. The van der Waals surface area contributed by atoms with Crippen LogP contribution in [0, 0.1) is 5.41 Å². The highest BCUT2D eigenvalue weighted by Gasteiger charge is 2.47. The van der Waals surface area contributed by atoms with Crippen molar-refractivity contribution in [3.8, 4) is 11.5 Å². The topological polar surface area (TPSA) is 64.6 Å². The highest BCUT2D eigenvalue weighted by atomic mass is 16.5. The van der Waals surface area contributed by atoms with Crippen LogP contribution in [0.15, 0.2) is 59.3 Å². The Labute approximate surface area is 181 Å². The maximum absolute atomic E-state index is 13.5. The number of Topliss-reactive ketones (excluding diaryl/α,β-unsaturated/α-hetero) is 2. The molecule has 1 unspecified atom stereocenters. The first-order valence-corrected chi connectivity index (χ1v) is 10.5. The number of carbonyl (C=O) groups is 2. The minimum atomic E-state index is -0.476. The van der Waals surface area contributed by atoms with Gasteiger partial charge in [0.1, 0.15) is 11.5 Å². The van der Waals surface area contributed by atoms with Gasteiger partial charge in [0, 0.05) is 51.9 Å². The summed E-state index contributed by atoms with van der Waals surface area (Å²) in [6.45, 7) is 4.22. The van der Waals surface area contributed by atoms with Crippen LogP contribution >= 0.6 is 0 Å². The zero-order valence-electron chi connectivity index (χ0n) is 18.2. The smallest absolute Gasteiger partial charge is 0.192 e. The Hall–Kier alpha value is -3.34. The predicted octanol–water partition coefficient (Wildman–Crippen LogP) is 4.64. The molecule has 0 spiro atoms. The number of carbonyl (C=O) groups excluding carboxylic acids is 2. The molecule has 5 nitrogen and oxygen atoms in total. The van der Waals surface area contributed by atoms with Gasteiger partial charge in [-0.15, -0.1) is 0 Å². The second kappa shape index (κ2) is 6.84. The predicted molar refractivity (Wildman–Crippen MR) is 118 cm³/mol. The summed E-state index contributed by atoms with van der Waals surface area (Å²) in [4.78, 5) is 27.0. The molecule has 0 saturated carbocycles. The second-order valence-corrected chi connectivity index (χ2v) is 9.16. The summed E-state index contributed by atoms with van der Waals surface area (Å²) in [5, 5.41) is 3.50. The summed E-state index contributed by atoms with van der Waals surface area (Å²) in [6.07, 6.45) is 1.20. The molecule has 0 bridgehead atoms. The van der Waals surface area contributed by atoms with Crippen LogP contribution in [0.5, 0.6) is 11.5 Å². The Bertz CT molecular complexity index is 1200. The van der Waals surface area contributed by atoms with Crippen LogP contribution in [0.4, 0.5) is 0 Å². The fourth-order valence-corrected chi connectivity index (χ4v) is 5.16. The van der Waals surface area contributed by atoms with Gasteiger partial charge in [0.2, 0.25) is 0 Å². The number of nitrogens with one attached hydrogen (secondary N) is 1. The zero-order chi connectivity index (χ0) is 21.9. The number of hydrogen-bond donors (Lipinski definition) is 1. The van der Waals surface area contributed by atoms with Crippen molar-refractivity contribution in [2.75, 3.05) is 14.2 Å². The molecule has 31 heavy (non-hydrogen) atoms. The minimum Gasteiger partial charge on any atom is -0.497 e. The van der Waals surface area contributed by atoms with E-state index in [1.165, 1.54) is 0 Å². The lowest BCUT2D eigenvalue weighted by Gasteiger charge is -2.39. The van der Waals surface area contributed by atoms with Crippen molar-refractivity contribution in [1.29, 1.82) is 0 Å². The van der Waals surface area contributed by atoms with E-state index in [2.05, 4.69) is 19.2 Å². The molecule has 0 radical (unpaired) electrons. The highest BCUT2D eigenvalue weighted by Crippen LogP contribution is 2.52. The molecule has 3 aliphatic rings. The van der Waals surface area contributed by atoms with E-state index in [4.69, 9.17) is 9.47 Å².